The van der Waals surface area contributed by atoms with E-state index in [1.807, 2.05) is 50.0 Å². The van der Waals surface area contributed by atoms with E-state index in [4.69, 9.17) is 4.43 Å². The molecule has 0 radical (unpaired) electrons. The molecule has 0 N–H and O–H groups in total. The van der Waals surface area contributed by atoms with Gasteiger partial charge in [0.2, 0.25) is 8.32 Å². The Balaban J connectivity index is 2.28. The van der Waals surface area contributed by atoms with Crippen molar-refractivity contribution >= 4 is 35.8 Å². The summed E-state index contributed by atoms with van der Waals surface area (Å²) in [4.78, 5) is 12.5. The van der Waals surface area contributed by atoms with Crippen molar-refractivity contribution in [3.05, 3.63) is 60.2 Å². The zero-order valence-corrected chi connectivity index (χ0v) is 13.5. The lowest BCUT2D eigenvalue weighted by molar-refractivity contribution is 0.0727. The molecule has 0 bridgehead atoms. The van der Waals surface area contributed by atoms with Crippen molar-refractivity contribution in [2.24, 2.45) is 0 Å². The smallest absolute Gasteiger partial charge is 0.325 e. The first-order chi connectivity index (χ1) is 9.96. The van der Waals surface area contributed by atoms with Crippen LogP contribution in [0.3, 0.4) is 0 Å². The molecule has 0 saturated carbocycles. The first-order valence-corrected chi connectivity index (χ1v) is 10.5. The van der Waals surface area contributed by atoms with Crippen molar-refractivity contribution in [2.75, 3.05) is 0 Å². The third-order valence-corrected chi connectivity index (χ3v) is 4.19. The lowest BCUT2D eigenvalue weighted by atomic mass is 9.98. The number of hydrogen-bond donors (Lipinski definition) is 0. The fourth-order valence-electron chi connectivity index (χ4n) is 2.56. The summed E-state index contributed by atoms with van der Waals surface area (Å²) in [7, 11) is -1.91. The van der Waals surface area contributed by atoms with Crippen molar-refractivity contribution in [3.8, 4) is 0 Å². The first-order valence-electron chi connectivity index (χ1n) is 7.09. The van der Waals surface area contributed by atoms with Gasteiger partial charge in [-0.05, 0) is 41.9 Å². The van der Waals surface area contributed by atoms with Crippen LogP contribution in [0.2, 0.25) is 19.6 Å². The van der Waals surface area contributed by atoms with E-state index in [0.717, 1.165) is 21.5 Å². The molecule has 0 saturated heterocycles. The Kier molecular flexibility index (Phi) is 3.30. The van der Waals surface area contributed by atoms with Gasteiger partial charge in [0.25, 0.3) is 0 Å². The van der Waals surface area contributed by atoms with Crippen LogP contribution >= 0.6 is 0 Å². The first kappa shape index (κ1) is 13.8. The van der Waals surface area contributed by atoms with Gasteiger partial charge in [0.05, 0.1) is 5.56 Å². The monoisotopic (exact) mass is 294 g/mol. The molecule has 0 heterocycles. The highest BCUT2D eigenvalue weighted by Crippen LogP contribution is 2.29. The minimum absolute atomic E-state index is 0.212. The molecule has 21 heavy (non-hydrogen) atoms. The summed E-state index contributed by atoms with van der Waals surface area (Å²) in [6.07, 6.45) is 0. The number of hydrogen-bond acceptors (Lipinski definition) is 2. The Morgan fingerprint density at radius 2 is 1.52 bits per heavy atom. The molecule has 2 nitrogen and oxygen atoms in total. The van der Waals surface area contributed by atoms with Gasteiger partial charge < -0.3 is 4.43 Å². The number of rotatable bonds is 2. The van der Waals surface area contributed by atoms with Crippen LogP contribution in [0, 0.1) is 0 Å². The van der Waals surface area contributed by atoms with Gasteiger partial charge in [-0.15, -0.1) is 0 Å². The van der Waals surface area contributed by atoms with Crippen LogP contribution in [0.1, 0.15) is 10.4 Å². The summed E-state index contributed by atoms with van der Waals surface area (Å²) in [6, 6.07) is 18.1. The molecule has 0 aliphatic rings. The molecule has 3 heteroatoms. The molecular weight excluding hydrogens is 276 g/mol. The second kappa shape index (κ2) is 5.01. The molecular formula is C18H18O2Si. The number of carbonyl (C=O) groups excluding carboxylic acids is 1. The molecule has 0 aromatic heterocycles. The number of carbonyl (C=O) groups is 1. The fourth-order valence-corrected chi connectivity index (χ4v) is 3.23. The van der Waals surface area contributed by atoms with Gasteiger partial charge >= 0.3 is 5.97 Å². The van der Waals surface area contributed by atoms with Gasteiger partial charge in [-0.2, -0.15) is 0 Å². The Labute approximate surface area is 125 Å². The third kappa shape index (κ3) is 2.69. The molecule has 0 unspecified atom stereocenters. The summed E-state index contributed by atoms with van der Waals surface area (Å²) < 4.78 is 5.68. The van der Waals surface area contributed by atoms with Gasteiger partial charge in [-0.3, -0.25) is 0 Å². The molecule has 0 amide bonds. The highest BCUT2D eigenvalue weighted by Gasteiger charge is 2.22. The van der Waals surface area contributed by atoms with E-state index in [-0.39, 0.29) is 5.97 Å². The van der Waals surface area contributed by atoms with E-state index in [0.29, 0.717) is 5.56 Å². The molecule has 106 valence electrons. The van der Waals surface area contributed by atoms with Gasteiger partial charge in [-0.1, -0.05) is 48.5 Å². The van der Waals surface area contributed by atoms with Crippen LogP contribution < -0.4 is 0 Å². The lowest BCUT2D eigenvalue weighted by Crippen LogP contribution is -2.29. The minimum atomic E-state index is -1.91. The average Bonchev–Trinajstić information content (AvgIpc) is 2.44. The van der Waals surface area contributed by atoms with E-state index < -0.39 is 8.32 Å². The maximum absolute atomic E-state index is 12.5. The van der Waals surface area contributed by atoms with E-state index >= 15 is 0 Å². The van der Waals surface area contributed by atoms with Crippen molar-refractivity contribution < 1.29 is 9.22 Å². The second-order valence-electron chi connectivity index (χ2n) is 6.19. The van der Waals surface area contributed by atoms with Gasteiger partial charge in [0.1, 0.15) is 0 Å². The molecule has 3 aromatic rings. The van der Waals surface area contributed by atoms with Gasteiger partial charge in [-0.25, -0.2) is 4.79 Å². The summed E-state index contributed by atoms with van der Waals surface area (Å²) in [5.74, 6) is -0.212. The topological polar surface area (TPSA) is 26.3 Å². The zero-order chi connectivity index (χ0) is 15.0. The van der Waals surface area contributed by atoms with Crippen LogP contribution in [0.15, 0.2) is 54.6 Å². The Morgan fingerprint density at radius 3 is 2.29 bits per heavy atom. The molecule has 0 aliphatic heterocycles. The summed E-state index contributed by atoms with van der Waals surface area (Å²) in [5, 5.41) is 4.29. The van der Waals surface area contributed by atoms with Crippen LogP contribution in [-0.4, -0.2) is 14.3 Å². The van der Waals surface area contributed by atoms with Crippen LogP contribution in [0.5, 0.6) is 0 Å². The zero-order valence-electron chi connectivity index (χ0n) is 12.5. The lowest BCUT2D eigenvalue weighted by Gasteiger charge is -2.18. The third-order valence-electron chi connectivity index (χ3n) is 3.39. The van der Waals surface area contributed by atoms with Crippen molar-refractivity contribution in [2.45, 2.75) is 19.6 Å². The Morgan fingerprint density at radius 1 is 0.857 bits per heavy atom. The normalized spacial score (nSPS) is 11.8. The summed E-state index contributed by atoms with van der Waals surface area (Å²) in [5.41, 5.74) is 0.659. The summed E-state index contributed by atoms with van der Waals surface area (Å²) in [6.45, 7) is 6.07. The van der Waals surface area contributed by atoms with Crippen LogP contribution in [-0.2, 0) is 4.43 Å². The van der Waals surface area contributed by atoms with E-state index in [9.17, 15) is 4.79 Å². The largest absolute Gasteiger partial charge is 0.516 e. The molecule has 0 spiro atoms. The Hall–Kier alpha value is -2.13. The predicted molar refractivity (Wildman–Crippen MR) is 90.2 cm³/mol. The fraction of sp³-hybridized carbons (Fsp3) is 0.167. The van der Waals surface area contributed by atoms with Crippen LogP contribution in [0.4, 0.5) is 0 Å². The van der Waals surface area contributed by atoms with E-state index in [1.54, 1.807) is 0 Å². The molecule has 0 fully saturated rings. The minimum Gasteiger partial charge on any atom is -0.516 e. The standard InChI is InChI=1S/C18H18O2Si/c1-21(2,3)20-18(19)16-10-6-8-14-12-11-13-7-4-5-9-15(13)17(14)16/h4-12H,1-3H3. The average molecular weight is 294 g/mol. The molecule has 0 atom stereocenters. The molecule has 3 rings (SSSR count). The second-order valence-corrected chi connectivity index (χ2v) is 10.6. The van der Waals surface area contributed by atoms with Crippen LogP contribution in [0.25, 0.3) is 21.5 Å². The number of benzene rings is 3. The van der Waals surface area contributed by atoms with Gasteiger partial charge in [0, 0.05) is 5.39 Å². The maximum atomic E-state index is 12.5. The highest BCUT2D eigenvalue weighted by atomic mass is 28.4. The van der Waals surface area contributed by atoms with Crippen molar-refractivity contribution in [1.29, 1.82) is 0 Å². The van der Waals surface area contributed by atoms with Crippen molar-refractivity contribution in [1.82, 2.24) is 0 Å². The summed E-state index contributed by atoms with van der Waals surface area (Å²) >= 11 is 0. The van der Waals surface area contributed by atoms with Crippen molar-refractivity contribution in [3.63, 3.8) is 0 Å². The Bertz CT molecular complexity index is 831. The quantitative estimate of drug-likeness (QED) is 0.492. The molecule has 3 aromatic carbocycles. The maximum Gasteiger partial charge on any atom is 0.325 e. The SMILES string of the molecule is C[Si](C)(C)OC(=O)c1cccc2ccc3ccccc3c12. The predicted octanol–water partition coefficient (Wildman–Crippen LogP) is 4.98. The number of fused-ring (bicyclic) bond motifs is 3. The van der Waals surface area contributed by atoms with Gasteiger partial charge in [0.15, 0.2) is 0 Å². The molecule has 0 aliphatic carbocycles. The highest BCUT2D eigenvalue weighted by molar-refractivity contribution is 6.71. The van der Waals surface area contributed by atoms with E-state index in [1.165, 1.54) is 0 Å². The van der Waals surface area contributed by atoms with E-state index in [2.05, 4.69) is 24.3 Å².